The van der Waals surface area contributed by atoms with Crippen molar-refractivity contribution >= 4 is 17.7 Å². The molecule has 3 heterocycles. The van der Waals surface area contributed by atoms with Gasteiger partial charge in [-0.25, -0.2) is 4.98 Å². The topological polar surface area (TPSA) is 116 Å². The summed E-state index contributed by atoms with van der Waals surface area (Å²) in [5.41, 5.74) is 0.688. The molecule has 4 rings (SSSR count). The lowest BCUT2D eigenvalue weighted by Gasteiger charge is -2.35. The maximum atomic E-state index is 12.7. The molecule has 1 aliphatic heterocycles. The molecule has 0 radical (unpaired) electrons. The zero-order valence-corrected chi connectivity index (χ0v) is 15.6. The number of furan rings is 1. The molecule has 1 aliphatic carbocycles. The Morgan fingerprint density at radius 1 is 1.32 bits per heavy atom. The Balaban J connectivity index is 1.34. The highest BCUT2D eigenvalue weighted by Crippen LogP contribution is 2.41. The first-order valence-corrected chi connectivity index (χ1v) is 9.34. The number of hydrogen-bond acceptors (Lipinski definition) is 7. The van der Waals surface area contributed by atoms with Gasteiger partial charge in [0.15, 0.2) is 0 Å². The maximum Gasteiger partial charge on any atom is 0.255 e. The summed E-state index contributed by atoms with van der Waals surface area (Å²) in [7, 11) is 0. The monoisotopic (exact) mass is 383 g/mol. The predicted molar refractivity (Wildman–Crippen MR) is 97.6 cm³/mol. The minimum Gasteiger partial charge on any atom is -0.472 e. The van der Waals surface area contributed by atoms with Crippen LogP contribution >= 0.6 is 0 Å². The van der Waals surface area contributed by atoms with Crippen molar-refractivity contribution in [3.63, 3.8) is 0 Å². The lowest BCUT2D eigenvalue weighted by molar-refractivity contribution is -0.133. The Hall–Kier alpha value is -3.28. The average Bonchev–Trinajstić information content (AvgIpc) is 3.24. The lowest BCUT2D eigenvalue weighted by Crippen LogP contribution is -2.54. The van der Waals surface area contributed by atoms with Gasteiger partial charge in [-0.3, -0.25) is 9.59 Å². The van der Waals surface area contributed by atoms with Crippen molar-refractivity contribution in [1.29, 1.82) is 5.26 Å². The Morgan fingerprint density at radius 3 is 2.68 bits per heavy atom. The molecule has 0 spiro atoms. The molecule has 1 atom stereocenters. The fraction of sp³-hybridized carbons (Fsp3) is 0.474. The number of carbonyl (C=O) groups is 2. The molecule has 9 nitrogen and oxygen atoms in total. The number of nitrogens with one attached hydrogen (secondary N) is 1. The van der Waals surface area contributed by atoms with Gasteiger partial charge in [0, 0.05) is 32.1 Å². The quantitative estimate of drug-likeness (QED) is 0.831. The third-order valence-electron chi connectivity index (χ3n) is 5.04. The van der Waals surface area contributed by atoms with E-state index >= 15 is 0 Å². The van der Waals surface area contributed by atoms with Gasteiger partial charge in [-0.1, -0.05) is 0 Å². The molecule has 2 aromatic heterocycles. The summed E-state index contributed by atoms with van der Waals surface area (Å²) in [5.74, 6) is 0.983. The summed E-state index contributed by atoms with van der Waals surface area (Å²) >= 11 is 0. The molecule has 146 valence electrons. The molecule has 28 heavy (non-hydrogen) atoms. The van der Waals surface area contributed by atoms with E-state index in [9.17, 15) is 14.9 Å². The highest BCUT2D eigenvalue weighted by molar-refractivity contribution is 5.97. The maximum absolute atomic E-state index is 12.7. The number of nitriles is 1. The molecule has 0 unspecified atom stereocenters. The zero-order valence-electron chi connectivity index (χ0n) is 15.6. The molecule has 2 aliphatic rings. The van der Waals surface area contributed by atoms with E-state index < -0.39 is 6.04 Å². The van der Waals surface area contributed by atoms with Crippen LogP contribution in [0.3, 0.4) is 0 Å². The van der Waals surface area contributed by atoms with Crippen LogP contribution < -0.4 is 10.2 Å². The first-order chi connectivity index (χ1) is 13.6. The molecule has 2 aromatic rings. The van der Waals surface area contributed by atoms with Gasteiger partial charge >= 0.3 is 0 Å². The van der Waals surface area contributed by atoms with Crippen molar-refractivity contribution < 1.29 is 18.4 Å². The van der Waals surface area contributed by atoms with Gasteiger partial charge in [-0.2, -0.15) is 5.26 Å². The van der Waals surface area contributed by atoms with E-state index in [-0.39, 0.29) is 11.8 Å². The van der Waals surface area contributed by atoms with Gasteiger partial charge in [0.2, 0.25) is 23.4 Å². The number of rotatable bonds is 5. The molecule has 0 aromatic carbocycles. The highest BCUT2D eigenvalue weighted by Gasteiger charge is 2.33. The average molecular weight is 383 g/mol. The molecular weight excluding hydrogens is 362 g/mol. The van der Waals surface area contributed by atoms with Crippen LogP contribution in [0.1, 0.15) is 47.6 Å². The van der Waals surface area contributed by atoms with Gasteiger partial charge in [0.25, 0.3) is 5.91 Å². The van der Waals surface area contributed by atoms with Gasteiger partial charge in [-0.15, -0.1) is 0 Å². The third kappa shape index (κ3) is 3.58. The molecule has 1 N–H and O–H groups in total. The summed E-state index contributed by atoms with van der Waals surface area (Å²) in [6.45, 7) is 3.72. The number of carbonyl (C=O) groups excluding carboxylic acids is 2. The van der Waals surface area contributed by atoms with Crippen LogP contribution in [-0.2, 0) is 4.79 Å². The number of piperazine rings is 1. The number of oxazole rings is 1. The number of hydrogen-bond donors (Lipinski definition) is 1. The number of anilines is 1. The van der Waals surface area contributed by atoms with Gasteiger partial charge in [-0.05, 0) is 25.8 Å². The summed E-state index contributed by atoms with van der Waals surface area (Å²) in [6, 6.07) is 3.00. The highest BCUT2D eigenvalue weighted by atomic mass is 16.4. The van der Waals surface area contributed by atoms with E-state index in [2.05, 4.69) is 16.4 Å². The molecule has 9 heteroatoms. The lowest BCUT2D eigenvalue weighted by atomic mass is 10.2. The first-order valence-electron chi connectivity index (χ1n) is 9.34. The number of nitrogens with zero attached hydrogens (tertiary/aromatic N) is 4. The van der Waals surface area contributed by atoms with E-state index in [0.717, 1.165) is 12.8 Å². The van der Waals surface area contributed by atoms with Gasteiger partial charge in [0.1, 0.15) is 18.4 Å². The van der Waals surface area contributed by atoms with Crippen LogP contribution in [0.4, 0.5) is 5.88 Å². The van der Waals surface area contributed by atoms with Crippen LogP contribution in [0.5, 0.6) is 0 Å². The molecular formula is C19H21N5O4. The SMILES string of the molecule is C[C@@H](NC(=O)c1ccoc1)C(=O)N1CCN(c2oc(C3CC3)nc2C#N)CC1. The second-order valence-corrected chi connectivity index (χ2v) is 7.11. The third-order valence-corrected chi connectivity index (χ3v) is 5.04. The summed E-state index contributed by atoms with van der Waals surface area (Å²) in [4.78, 5) is 32.7. The zero-order chi connectivity index (χ0) is 19.7. The molecule has 2 fully saturated rings. The Morgan fingerprint density at radius 2 is 2.07 bits per heavy atom. The van der Waals surface area contributed by atoms with Crippen LogP contribution in [-0.4, -0.2) is 53.9 Å². The molecule has 1 saturated heterocycles. The van der Waals surface area contributed by atoms with Gasteiger partial charge in [0.05, 0.1) is 11.8 Å². The molecule has 2 amide bonds. The Bertz CT molecular complexity index is 901. The minimum absolute atomic E-state index is 0.145. The van der Waals surface area contributed by atoms with Crippen molar-refractivity contribution in [3.8, 4) is 6.07 Å². The number of aromatic nitrogens is 1. The second-order valence-electron chi connectivity index (χ2n) is 7.11. The largest absolute Gasteiger partial charge is 0.472 e. The summed E-state index contributed by atoms with van der Waals surface area (Å²) in [5, 5.41) is 12.0. The van der Waals surface area contributed by atoms with E-state index in [0.29, 0.717) is 55.1 Å². The van der Waals surface area contributed by atoms with Crippen molar-refractivity contribution in [1.82, 2.24) is 15.2 Å². The summed E-state index contributed by atoms with van der Waals surface area (Å²) in [6.07, 6.45) is 4.85. The Labute approximate surface area is 161 Å². The first kappa shape index (κ1) is 18.1. The van der Waals surface area contributed by atoms with Crippen molar-refractivity contribution in [2.45, 2.75) is 31.7 Å². The van der Waals surface area contributed by atoms with Crippen molar-refractivity contribution in [2.24, 2.45) is 0 Å². The van der Waals surface area contributed by atoms with E-state index in [1.807, 2.05) is 4.90 Å². The fourth-order valence-electron chi connectivity index (χ4n) is 3.26. The second kappa shape index (κ2) is 7.38. The van der Waals surface area contributed by atoms with Crippen LogP contribution in [0.15, 0.2) is 27.4 Å². The van der Waals surface area contributed by atoms with E-state index in [4.69, 9.17) is 8.83 Å². The smallest absolute Gasteiger partial charge is 0.255 e. The molecule has 0 bridgehead atoms. The normalized spacial score (nSPS) is 17.9. The Kier molecular flexibility index (Phi) is 4.77. The van der Waals surface area contributed by atoms with E-state index in [1.165, 1.54) is 12.5 Å². The number of amides is 2. The van der Waals surface area contributed by atoms with Gasteiger partial charge < -0.3 is 24.0 Å². The fourth-order valence-corrected chi connectivity index (χ4v) is 3.26. The summed E-state index contributed by atoms with van der Waals surface area (Å²) < 4.78 is 10.7. The minimum atomic E-state index is -0.643. The van der Waals surface area contributed by atoms with Crippen LogP contribution in [0.2, 0.25) is 0 Å². The molecule has 1 saturated carbocycles. The van der Waals surface area contributed by atoms with E-state index in [1.54, 1.807) is 17.9 Å². The standard InChI is InChI=1S/C19H21N5O4/c1-12(21-16(25)14-4-9-27-11-14)18(26)23-5-7-24(8-6-23)19-15(10-20)22-17(28-19)13-2-3-13/h4,9,11-13H,2-3,5-8H2,1H3,(H,21,25)/t12-/m1/s1. The van der Waals surface area contributed by atoms with Crippen LogP contribution in [0, 0.1) is 11.3 Å². The predicted octanol–water partition coefficient (Wildman–Crippen LogP) is 1.48. The van der Waals surface area contributed by atoms with Crippen molar-refractivity contribution in [3.05, 3.63) is 35.7 Å². The van der Waals surface area contributed by atoms with Crippen LogP contribution in [0.25, 0.3) is 0 Å². The van der Waals surface area contributed by atoms with Crippen molar-refractivity contribution in [2.75, 3.05) is 31.1 Å².